The first-order chi connectivity index (χ1) is 16.8. The predicted octanol–water partition coefficient (Wildman–Crippen LogP) is 7.26. The second kappa shape index (κ2) is 12.4. The average molecular weight is 451 g/mol. The summed E-state index contributed by atoms with van der Waals surface area (Å²) >= 11 is 0. The second-order valence-corrected chi connectivity index (χ2v) is 8.32. The minimum Gasteiger partial charge on any atom is -0.490 e. The van der Waals surface area contributed by atoms with Crippen LogP contribution in [0.5, 0.6) is 11.5 Å². The molecule has 0 aliphatic heterocycles. The molecule has 0 saturated carbocycles. The van der Waals surface area contributed by atoms with Crippen molar-refractivity contribution in [2.45, 2.75) is 31.8 Å². The van der Waals surface area contributed by atoms with E-state index in [0.29, 0.717) is 23.7 Å². The summed E-state index contributed by atoms with van der Waals surface area (Å²) in [6.45, 7) is 0.570. The Morgan fingerprint density at radius 3 is 2.00 bits per heavy atom. The van der Waals surface area contributed by atoms with E-state index in [2.05, 4.69) is 48.5 Å². The van der Waals surface area contributed by atoms with Crippen LogP contribution in [0.25, 0.3) is 0 Å². The van der Waals surface area contributed by atoms with Crippen molar-refractivity contribution in [2.24, 2.45) is 0 Å². The van der Waals surface area contributed by atoms with Crippen LogP contribution in [0, 0.1) is 0 Å². The molecular formula is C31H30O3. The topological polar surface area (TPSA) is 35.5 Å². The molecule has 0 bridgehead atoms. The number of hydrogen-bond acceptors (Lipinski definition) is 3. The lowest BCUT2D eigenvalue weighted by Crippen LogP contribution is -2.12. The van der Waals surface area contributed by atoms with Gasteiger partial charge in [-0.25, -0.2) is 0 Å². The van der Waals surface area contributed by atoms with Gasteiger partial charge in [0, 0.05) is 12.0 Å². The first kappa shape index (κ1) is 23.3. The number of unbranched alkanes of at least 4 members (excludes halogenated alkanes) is 1. The average Bonchev–Trinajstić information content (AvgIpc) is 2.90. The number of aldehydes is 1. The van der Waals surface area contributed by atoms with Gasteiger partial charge >= 0.3 is 0 Å². The summed E-state index contributed by atoms with van der Waals surface area (Å²) in [5.41, 5.74) is 4.20. The summed E-state index contributed by atoms with van der Waals surface area (Å²) in [5.74, 6) is 1.26. The normalized spacial score (nSPS) is 11.5. The zero-order valence-electron chi connectivity index (χ0n) is 19.3. The van der Waals surface area contributed by atoms with E-state index in [1.54, 1.807) is 12.1 Å². The summed E-state index contributed by atoms with van der Waals surface area (Å²) in [7, 11) is 0. The van der Waals surface area contributed by atoms with Gasteiger partial charge in [-0.2, -0.15) is 0 Å². The van der Waals surface area contributed by atoms with Crippen molar-refractivity contribution in [3.63, 3.8) is 0 Å². The summed E-state index contributed by atoms with van der Waals surface area (Å²) in [6, 6.07) is 36.4. The quantitative estimate of drug-likeness (QED) is 0.168. The molecule has 1 unspecified atom stereocenters. The van der Waals surface area contributed by atoms with Crippen LogP contribution in [0.4, 0.5) is 0 Å². The Labute approximate surface area is 202 Å². The molecule has 34 heavy (non-hydrogen) atoms. The highest BCUT2D eigenvalue weighted by Crippen LogP contribution is 2.34. The van der Waals surface area contributed by atoms with Crippen LogP contribution in [0.15, 0.2) is 109 Å². The van der Waals surface area contributed by atoms with Crippen molar-refractivity contribution < 1.29 is 14.3 Å². The molecule has 172 valence electrons. The summed E-state index contributed by atoms with van der Waals surface area (Å²) in [5, 5.41) is 0. The van der Waals surface area contributed by atoms with Crippen LogP contribution in [-0.4, -0.2) is 12.9 Å². The number of ether oxygens (including phenoxy) is 2. The highest BCUT2D eigenvalue weighted by molar-refractivity contribution is 5.76. The Kier molecular flexibility index (Phi) is 8.51. The molecule has 0 spiro atoms. The van der Waals surface area contributed by atoms with Crippen molar-refractivity contribution in [3.05, 3.63) is 131 Å². The fourth-order valence-electron chi connectivity index (χ4n) is 3.94. The first-order valence-electron chi connectivity index (χ1n) is 11.8. The molecule has 3 heteroatoms. The summed E-state index contributed by atoms with van der Waals surface area (Å²) in [4.78, 5) is 11.4. The van der Waals surface area contributed by atoms with Crippen LogP contribution < -0.4 is 9.47 Å². The van der Waals surface area contributed by atoms with E-state index in [-0.39, 0.29) is 6.10 Å². The molecule has 0 aromatic heterocycles. The minimum atomic E-state index is -0.175. The van der Waals surface area contributed by atoms with E-state index in [9.17, 15) is 4.79 Å². The maximum absolute atomic E-state index is 11.4. The molecule has 4 aromatic carbocycles. The molecule has 0 heterocycles. The minimum absolute atomic E-state index is 0.175. The third kappa shape index (κ3) is 6.82. The molecule has 0 radical (unpaired) electrons. The van der Waals surface area contributed by atoms with Gasteiger partial charge in [0.15, 0.2) is 11.5 Å². The zero-order valence-corrected chi connectivity index (χ0v) is 19.3. The molecule has 1 atom stereocenters. The maximum atomic E-state index is 11.4. The highest BCUT2D eigenvalue weighted by Gasteiger charge is 2.17. The highest BCUT2D eigenvalue weighted by atomic mass is 16.5. The molecule has 0 saturated heterocycles. The summed E-state index contributed by atoms with van der Waals surface area (Å²) in [6.07, 6.45) is 4.38. The zero-order chi connectivity index (χ0) is 23.4. The maximum Gasteiger partial charge on any atom is 0.162 e. The van der Waals surface area contributed by atoms with Crippen molar-refractivity contribution >= 4 is 6.29 Å². The van der Waals surface area contributed by atoms with Gasteiger partial charge in [-0.1, -0.05) is 91.0 Å². The lowest BCUT2D eigenvalue weighted by molar-refractivity contribution is 0.112. The molecular weight excluding hydrogens is 420 g/mol. The second-order valence-electron chi connectivity index (χ2n) is 8.32. The number of aryl methyl sites for hydroxylation is 1. The van der Waals surface area contributed by atoms with Gasteiger partial charge in [0.2, 0.25) is 0 Å². The SMILES string of the molecule is O=Cc1ccc(OC(Cc2ccccc2)c2ccccc2)c(OCCCCc2ccccc2)c1. The molecule has 4 aromatic rings. The first-order valence-corrected chi connectivity index (χ1v) is 11.8. The van der Waals surface area contributed by atoms with Crippen LogP contribution in [0.2, 0.25) is 0 Å². The number of hydrogen-bond donors (Lipinski definition) is 0. The summed E-state index contributed by atoms with van der Waals surface area (Å²) < 4.78 is 12.6. The number of benzene rings is 4. The van der Waals surface area contributed by atoms with Crippen molar-refractivity contribution in [2.75, 3.05) is 6.61 Å². The Bertz CT molecular complexity index is 1140. The van der Waals surface area contributed by atoms with Gasteiger partial charge in [-0.05, 0) is 54.2 Å². The molecule has 4 rings (SSSR count). The molecule has 0 N–H and O–H groups in total. The fourth-order valence-corrected chi connectivity index (χ4v) is 3.94. The third-order valence-electron chi connectivity index (χ3n) is 5.77. The van der Waals surface area contributed by atoms with Gasteiger partial charge in [-0.15, -0.1) is 0 Å². The Balaban J connectivity index is 1.46. The molecule has 0 aliphatic rings. The monoisotopic (exact) mass is 450 g/mol. The van der Waals surface area contributed by atoms with Crippen molar-refractivity contribution in [1.29, 1.82) is 0 Å². The molecule has 0 amide bonds. The van der Waals surface area contributed by atoms with Gasteiger partial charge in [0.05, 0.1) is 6.61 Å². The van der Waals surface area contributed by atoms with Crippen molar-refractivity contribution in [1.82, 2.24) is 0 Å². The van der Waals surface area contributed by atoms with Gasteiger partial charge in [-0.3, -0.25) is 4.79 Å². The van der Waals surface area contributed by atoms with E-state index >= 15 is 0 Å². The standard InChI is InChI=1S/C31H30O3/c32-24-27-19-20-29(31(23-27)33-21-11-10-14-25-12-4-1-5-13-25)34-30(28-17-8-3-9-18-28)22-26-15-6-2-7-16-26/h1-9,12-13,15-20,23-24,30H,10-11,14,21-22H2. The van der Waals surface area contributed by atoms with Crippen LogP contribution in [-0.2, 0) is 12.8 Å². The number of rotatable bonds is 12. The Morgan fingerprint density at radius 1 is 0.676 bits per heavy atom. The van der Waals surface area contributed by atoms with E-state index in [1.807, 2.05) is 48.5 Å². The van der Waals surface area contributed by atoms with E-state index < -0.39 is 0 Å². The Hall–Kier alpha value is -3.85. The Morgan fingerprint density at radius 2 is 1.32 bits per heavy atom. The van der Waals surface area contributed by atoms with E-state index in [0.717, 1.165) is 37.5 Å². The van der Waals surface area contributed by atoms with Gasteiger partial charge in [0.1, 0.15) is 12.4 Å². The third-order valence-corrected chi connectivity index (χ3v) is 5.77. The van der Waals surface area contributed by atoms with E-state index in [4.69, 9.17) is 9.47 Å². The van der Waals surface area contributed by atoms with E-state index in [1.165, 1.54) is 11.1 Å². The fraction of sp³-hybridized carbons (Fsp3) is 0.194. The smallest absolute Gasteiger partial charge is 0.162 e. The predicted molar refractivity (Wildman–Crippen MR) is 137 cm³/mol. The largest absolute Gasteiger partial charge is 0.490 e. The lowest BCUT2D eigenvalue weighted by Gasteiger charge is -2.22. The van der Waals surface area contributed by atoms with Crippen LogP contribution in [0.1, 0.15) is 46.0 Å². The number of carbonyl (C=O) groups is 1. The van der Waals surface area contributed by atoms with Gasteiger partial charge in [0.25, 0.3) is 0 Å². The van der Waals surface area contributed by atoms with Gasteiger partial charge < -0.3 is 9.47 Å². The molecule has 3 nitrogen and oxygen atoms in total. The molecule has 0 fully saturated rings. The molecule has 0 aliphatic carbocycles. The van der Waals surface area contributed by atoms with Crippen molar-refractivity contribution in [3.8, 4) is 11.5 Å². The number of carbonyl (C=O) groups excluding carboxylic acids is 1. The van der Waals surface area contributed by atoms with Crippen LogP contribution >= 0.6 is 0 Å². The van der Waals surface area contributed by atoms with Crippen LogP contribution in [0.3, 0.4) is 0 Å². The lowest BCUT2D eigenvalue weighted by atomic mass is 10.0.